The molecule has 0 fully saturated rings. The van der Waals surface area contributed by atoms with Crippen LogP contribution in [0.25, 0.3) is 0 Å². The number of rotatable bonds is 9. The maximum atomic E-state index is 14.1. The van der Waals surface area contributed by atoms with Gasteiger partial charge in [0.15, 0.2) is 0 Å². The maximum absolute atomic E-state index is 14.1. The van der Waals surface area contributed by atoms with Crippen LogP contribution >= 0.6 is 0 Å². The second-order valence-corrected chi connectivity index (χ2v) is 10.1. The molecule has 2 aromatic carbocycles. The number of carbonyl (C=O) groups excluding carboxylic acids is 3. The van der Waals surface area contributed by atoms with Crippen molar-refractivity contribution in [3.05, 3.63) is 83.1 Å². The van der Waals surface area contributed by atoms with Gasteiger partial charge in [-0.2, -0.15) is 0 Å². The van der Waals surface area contributed by atoms with Crippen molar-refractivity contribution < 1.29 is 29.0 Å². The zero-order valence-electron chi connectivity index (χ0n) is 22.6. The molecule has 38 heavy (non-hydrogen) atoms. The molecular formula is C29H37N3O6. The van der Waals surface area contributed by atoms with Crippen LogP contribution in [-0.4, -0.2) is 63.9 Å². The Kier molecular flexibility index (Phi) is 9.52. The number of amides is 3. The fourth-order valence-corrected chi connectivity index (χ4v) is 4.41. The van der Waals surface area contributed by atoms with Crippen molar-refractivity contribution >= 4 is 18.1 Å². The van der Waals surface area contributed by atoms with Gasteiger partial charge in [-0.3, -0.25) is 4.90 Å². The molecule has 3 amide bonds. The van der Waals surface area contributed by atoms with Gasteiger partial charge in [0.2, 0.25) is 0 Å². The van der Waals surface area contributed by atoms with Crippen LogP contribution in [0.3, 0.4) is 0 Å². The van der Waals surface area contributed by atoms with Gasteiger partial charge in [0, 0.05) is 12.2 Å². The molecule has 2 atom stereocenters. The van der Waals surface area contributed by atoms with E-state index in [1.165, 1.54) is 9.80 Å². The molecule has 0 aromatic heterocycles. The Hall–Kier alpha value is -3.85. The maximum Gasteiger partial charge on any atom is 0.408 e. The van der Waals surface area contributed by atoms with E-state index in [9.17, 15) is 19.5 Å². The second kappa shape index (κ2) is 12.6. The van der Waals surface area contributed by atoms with Crippen molar-refractivity contribution in [2.75, 3.05) is 13.2 Å². The number of aliphatic hydroxyl groups is 1. The number of esters is 1. The van der Waals surface area contributed by atoms with E-state index in [1.807, 2.05) is 60.7 Å². The molecule has 1 aliphatic rings. The summed E-state index contributed by atoms with van der Waals surface area (Å²) in [6.07, 6.45) is -0.767. The Morgan fingerprint density at radius 3 is 2.05 bits per heavy atom. The van der Waals surface area contributed by atoms with Gasteiger partial charge in [-0.15, -0.1) is 0 Å². The largest absolute Gasteiger partial charge is 0.463 e. The van der Waals surface area contributed by atoms with E-state index in [-0.39, 0.29) is 31.3 Å². The Balaban J connectivity index is 2.12. The number of allylic oxidation sites excluding steroid dienone is 1. The number of ether oxygens (including phenoxy) is 2. The molecular weight excluding hydrogens is 486 g/mol. The summed E-state index contributed by atoms with van der Waals surface area (Å²) in [6, 6.07) is 16.4. The highest BCUT2D eigenvalue weighted by molar-refractivity contribution is 5.95. The van der Waals surface area contributed by atoms with Crippen molar-refractivity contribution in [2.45, 2.75) is 65.4 Å². The van der Waals surface area contributed by atoms with E-state index in [1.54, 1.807) is 34.6 Å². The first kappa shape index (κ1) is 28.7. The van der Waals surface area contributed by atoms with Gasteiger partial charge in [-0.1, -0.05) is 60.7 Å². The summed E-state index contributed by atoms with van der Waals surface area (Å²) in [4.78, 5) is 43.2. The fraction of sp³-hybridized carbons (Fsp3) is 0.414. The van der Waals surface area contributed by atoms with Gasteiger partial charge in [0.25, 0.3) is 0 Å². The van der Waals surface area contributed by atoms with E-state index in [0.717, 1.165) is 11.1 Å². The zero-order chi connectivity index (χ0) is 27.9. The van der Waals surface area contributed by atoms with Gasteiger partial charge in [-0.05, 0) is 45.7 Å². The van der Waals surface area contributed by atoms with Gasteiger partial charge < -0.3 is 24.8 Å². The minimum Gasteiger partial charge on any atom is -0.463 e. The number of hydrogen-bond acceptors (Lipinski definition) is 6. The minimum atomic E-state index is -1.04. The normalized spacial score (nSPS) is 16.8. The molecule has 0 radical (unpaired) electrons. The van der Waals surface area contributed by atoms with Crippen LogP contribution in [0.15, 0.2) is 71.9 Å². The molecule has 0 saturated carbocycles. The van der Waals surface area contributed by atoms with Crippen LogP contribution in [0.1, 0.15) is 45.7 Å². The number of nitrogens with one attached hydrogen (secondary N) is 1. The third-order valence-electron chi connectivity index (χ3n) is 6.06. The average molecular weight is 524 g/mol. The first-order chi connectivity index (χ1) is 18.1. The molecule has 3 rings (SSSR count). The first-order valence-electron chi connectivity index (χ1n) is 12.7. The molecule has 9 heteroatoms. The average Bonchev–Trinajstić information content (AvgIpc) is 2.87. The van der Waals surface area contributed by atoms with Crippen LogP contribution in [0.4, 0.5) is 9.59 Å². The topological polar surface area (TPSA) is 108 Å². The summed E-state index contributed by atoms with van der Waals surface area (Å²) in [5.74, 6) is -0.622. The summed E-state index contributed by atoms with van der Waals surface area (Å²) in [7, 11) is 0. The summed E-state index contributed by atoms with van der Waals surface area (Å²) in [5, 5.41) is 13.1. The number of hydrogen-bond donors (Lipinski definition) is 2. The highest BCUT2D eigenvalue weighted by Crippen LogP contribution is 2.32. The van der Waals surface area contributed by atoms with Crippen LogP contribution < -0.4 is 5.32 Å². The van der Waals surface area contributed by atoms with Crippen LogP contribution in [-0.2, 0) is 27.4 Å². The third kappa shape index (κ3) is 7.13. The van der Waals surface area contributed by atoms with Gasteiger partial charge in [0.05, 0.1) is 37.4 Å². The fourth-order valence-electron chi connectivity index (χ4n) is 4.41. The predicted molar refractivity (Wildman–Crippen MR) is 143 cm³/mol. The number of carbonyl (C=O) groups is 3. The Morgan fingerprint density at radius 2 is 1.55 bits per heavy atom. The number of alkyl carbamates (subject to hydrolysis) is 1. The van der Waals surface area contributed by atoms with E-state index >= 15 is 0 Å². The molecule has 0 aliphatic carbocycles. The smallest absolute Gasteiger partial charge is 0.408 e. The van der Waals surface area contributed by atoms with Gasteiger partial charge in [-0.25, -0.2) is 14.4 Å². The number of urea groups is 1. The molecule has 0 unspecified atom stereocenters. The predicted octanol–water partition coefficient (Wildman–Crippen LogP) is 4.22. The lowest BCUT2D eigenvalue weighted by Crippen LogP contribution is -2.62. The molecule has 0 saturated heterocycles. The first-order valence-corrected chi connectivity index (χ1v) is 12.7. The third-order valence-corrected chi connectivity index (χ3v) is 6.06. The van der Waals surface area contributed by atoms with Gasteiger partial charge in [0.1, 0.15) is 5.60 Å². The van der Waals surface area contributed by atoms with E-state index in [2.05, 4.69) is 5.32 Å². The Labute approximate surface area is 224 Å². The van der Waals surface area contributed by atoms with Gasteiger partial charge >= 0.3 is 18.1 Å². The minimum absolute atomic E-state index is 0.122. The number of aliphatic hydroxyl groups excluding tert-OH is 1. The quantitative estimate of drug-likeness (QED) is 0.477. The van der Waals surface area contributed by atoms with Crippen molar-refractivity contribution in [2.24, 2.45) is 0 Å². The molecule has 0 spiro atoms. The molecule has 9 nitrogen and oxygen atoms in total. The standard InChI is InChI=1S/C29H37N3O6/c1-6-37-26(34)24-20(2)31(17-21-13-9-7-10-14-21)28(36)32(18-22-15-11-8-12-16-22)25(24)23(19-33)30-27(35)38-29(3,4)5/h7-16,23,25,33H,6,17-19H2,1-5H3,(H,30,35)/t23-,25+/m1/s1. The Bertz CT molecular complexity index is 1140. The Morgan fingerprint density at radius 1 is 1.00 bits per heavy atom. The van der Waals surface area contributed by atoms with E-state index < -0.39 is 36.4 Å². The van der Waals surface area contributed by atoms with Crippen LogP contribution in [0.5, 0.6) is 0 Å². The molecule has 2 N–H and O–H groups in total. The van der Waals surface area contributed by atoms with Crippen LogP contribution in [0.2, 0.25) is 0 Å². The SMILES string of the molecule is CCOC(=O)C1=C(C)N(Cc2ccccc2)C(=O)N(Cc2ccccc2)[C@H]1[C@@H](CO)NC(=O)OC(C)(C)C. The monoisotopic (exact) mass is 523 g/mol. The van der Waals surface area contributed by atoms with E-state index in [4.69, 9.17) is 9.47 Å². The van der Waals surface area contributed by atoms with Crippen molar-refractivity contribution in [3.63, 3.8) is 0 Å². The molecule has 2 aromatic rings. The molecule has 0 bridgehead atoms. The molecule has 1 heterocycles. The summed E-state index contributed by atoms with van der Waals surface area (Å²) in [6.45, 7) is 8.50. The van der Waals surface area contributed by atoms with Crippen molar-refractivity contribution in [1.29, 1.82) is 0 Å². The second-order valence-electron chi connectivity index (χ2n) is 10.1. The number of nitrogens with zero attached hydrogens (tertiary/aromatic N) is 2. The van der Waals surface area contributed by atoms with E-state index in [0.29, 0.717) is 5.70 Å². The lowest BCUT2D eigenvalue weighted by Gasteiger charge is -2.45. The number of benzene rings is 2. The lowest BCUT2D eigenvalue weighted by atomic mass is 9.92. The highest BCUT2D eigenvalue weighted by Gasteiger charge is 2.45. The summed E-state index contributed by atoms with van der Waals surface area (Å²) in [5.41, 5.74) is 1.51. The highest BCUT2D eigenvalue weighted by atomic mass is 16.6. The zero-order valence-corrected chi connectivity index (χ0v) is 22.6. The molecule has 204 valence electrons. The summed E-state index contributed by atoms with van der Waals surface area (Å²) < 4.78 is 10.8. The van der Waals surface area contributed by atoms with Crippen LogP contribution in [0, 0.1) is 0 Å². The van der Waals surface area contributed by atoms with Crippen molar-refractivity contribution in [3.8, 4) is 0 Å². The molecule has 1 aliphatic heterocycles. The van der Waals surface area contributed by atoms with Crippen molar-refractivity contribution in [1.82, 2.24) is 15.1 Å². The lowest BCUT2D eigenvalue weighted by molar-refractivity contribution is -0.139. The summed E-state index contributed by atoms with van der Waals surface area (Å²) >= 11 is 0.